The van der Waals surface area contributed by atoms with Gasteiger partial charge in [-0.15, -0.1) is 0 Å². The summed E-state index contributed by atoms with van der Waals surface area (Å²) < 4.78 is 16.3. The third-order valence-electron chi connectivity index (χ3n) is 4.84. The summed E-state index contributed by atoms with van der Waals surface area (Å²) in [5, 5.41) is 4.92. The Morgan fingerprint density at radius 3 is 2.30 bits per heavy atom. The number of carbonyl (C=O) groups excluding carboxylic acids is 2. The fraction of sp³-hybridized carbons (Fsp3) is 0.250. The number of hydrogen-bond donors (Lipinski definition) is 1. The van der Waals surface area contributed by atoms with E-state index in [-0.39, 0.29) is 5.91 Å². The average Bonchev–Trinajstić information content (AvgIpc) is 2.76. The van der Waals surface area contributed by atoms with Crippen LogP contribution in [0.15, 0.2) is 54.6 Å². The maximum atomic E-state index is 12.4. The van der Waals surface area contributed by atoms with Gasteiger partial charge in [0.25, 0.3) is 0 Å². The topological polar surface area (TPSA) is 73.9 Å². The first-order valence-corrected chi connectivity index (χ1v) is 9.69. The molecule has 3 aromatic rings. The lowest BCUT2D eigenvalue weighted by Gasteiger charge is -2.24. The van der Waals surface area contributed by atoms with Gasteiger partial charge in [0.1, 0.15) is 5.75 Å². The van der Waals surface area contributed by atoms with Crippen molar-refractivity contribution in [3.63, 3.8) is 0 Å². The van der Waals surface area contributed by atoms with Crippen LogP contribution < -0.4 is 19.5 Å². The van der Waals surface area contributed by atoms with E-state index in [0.717, 1.165) is 16.3 Å². The zero-order chi connectivity index (χ0) is 21.7. The molecule has 0 aliphatic rings. The van der Waals surface area contributed by atoms with Crippen LogP contribution in [0.4, 0.5) is 0 Å². The summed E-state index contributed by atoms with van der Waals surface area (Å²) in [6, 6.07) is 16.3. The first-order valence-electron chi connectivity index (χ1n) is 9.69. The molecule has 0 aliphatic heterocycles. The Labute approximate surface area is 175 Å². The van der Waals surface area contributed by atoms with Gasteiger partial charge in [0, 0.05) is 18.9 Å². The summed E-state index contributed by atoms with van der Waals surface area (Å²) in [6.45, 7) is 3.14. The highest BCUT2D eigenvalue weighted by Gasteiger charge is 2.25. The quantitative estimate of drug-likeness (QED) is 0.464. The van der Waals surface area contributed by atoms with Crippen molar-refractivity contribution in [3.05, 3.63) is 65.7 Å². The molecule has 0 fully saturated rings. The number of benzene rings is 3. The Morgan fingerprint density at radius 1 is 0.933 bits per heavy atom. The summed E-state index contributed by atoms with van der Waals surface area (Å²) in [5.41, 5.74) is 1.48. The number of esters is 1. The van der Waals surface area contributed by atoms with Gasteiger partial charge < -0.3 is 19.5 Å². The Kier molecular flexibility index (Phi) is 6.57. The van der Waals surface area contributed by atoms with Crippen molar-refractivity contribution < 1.29 is 23.8 Å². The lowest BCUT2D eigenvalue weighted by atomic mass is 9.92. The molecule has 1 atom stereocenters. The van der Waals surface area contributed by atoms with E-state index in [9.17, 15) is 9.59 Å². The summed E-state index contributed by atoms with van der Waals surface area (Å²) in [5.74, 6) is 0.966. The van der Waals surface area contributed by atoms with Crippen molar-refractivity contribution in [3.8, 4) is 17.2 Å². The largest absolute Gasteiger partial charge is 0.493 e. The van der Waals surface area contributed by atoms with Gasteiger partial charge in [0.05, 0.1) is 20.3 Å². The zero-order valence-electron chi connectivity index (χ0n) is 17.5. The molecule has 0 aliphatic carbocycles. The molecule has 0 bridgehead atoms. The van der Waals surface area contributed by atoms with E-state index in [2.05, 4.69) is 5.32 Å². The molecule has 3 aromatic carbocycles. The Bertz CT molecular complexity index is 1080. The molecule has 1 N–H and O–H groups in total. The van der Waals surface area contributed by atoms with Gasteiger partial charge in [0.2, 0.25) is 5.91 Å². The lowest BCUT2D eigenvalue weighted by molar-refractivity contribution is -0.131. The molecular formula is C24H25NO5. The van der Waals surface area contributed by atoms with Crippen molar-refractivity contribution in [2.45, 2.75) is 26.3 Å². The van der Waals surface area contributed by atoms with E-state index in [1.165, 1.54) is 6.92 Å². The smallest absolute Gasteiger partial charge is 0.308 e. The highest BCUT2D eigenvalue weighted by atomic mass is 16.5. The highest BCUT2D eigenvalue weighted by molar-refractivity contribution is 5.90. The Balaban J connectivity index is 2.27. The minimum atomic E-state index is -0.558. The van der Waals surface area contributed by atoms with E-state index in [1.807, 2.05) is 42.5 Å². The van der Waals surface area contributed by atoms with Crippen LogP contribution in [0, 0.1) is 0 Å². The summed E-state index contributed by atoms with van der Waals surface area (Å²) >= 11 is 0. The maximum absolute atomic E-state index is 12.4. The van der Waals surface area contributed by atoms with Crippen LogP contribution >= 0.6 is 0 Å². The Hall–Kier alpha value is -3.54. The molecule has 6 nitrogen and oxygen atoms in total. The van der Waals surface area contributed by atoms with Crippen molar-refractivity contribution >= 4 is 22.6 Å². The SMILES string of the molecule is CCC(=O)N[C@@H](c1ccc(OC)c(OC)c1)c1c(OC(C)=O)ccc2ccccc12. The number of hydrogen-bond acceptors (Lipinski definition) is 5. The molecule has 0 aromatic heterocycles. The maximum Gasteiger partial charge on any atom is 0.308 e. The van der Waals surface area contributed by atoms with E-state index in [0.29, 0.717) is 29.2 Å². The van der Waals surface area contributed by atoms with Gasteiger partial charge in [0.15, 0.2) is 11.5 Å². The molecule has 0 radical (unpaired) electrons. The van der Waals surface area contributed by atoms with Crippen molar-refractivity contribution in [1.82, 2.24) is 5.32 Å². The van der Waals surface area contributed by atoms with E-state index in [1.54, 1.807) is 33.3 Å². The predicted molar refractivity (Wildman–Crippen MR) is 115 cm³/mol. The van der Waals surface area contributed by atoms with Gasteiger partial charge in [-0.1, -0.05) is 43.3 Å². The second-order valence-corrected chi connectivity index (χ2v) is 6.76. The van der Waals surface area contributed by atoms with Crippen LogP contribution in [0.5, 0.6) is 17.2 Å². The molecule has 0 heterocycles. The van der Waals surface area contributed by atoms with Crippen molar-refractivity contribution in [2.24, 2.45) is 0 Å². The molecule has 3 rings (SSSR count). The van der Waals surface area contributed by atoms with Crippen molar-refractivity contribution in [1.29, 1.82) is 0 Å². The second-order valence-electron chi connectivity index (χ2n) is 6.76. The summed E-state index contributed by atoms with van der Waals surface area (Å²) in [7, 11) is 3.13. The van der Waals surface area contributed by atoms with Gasteiger partial charge in [-0.05, 0) is 34.5 Å². The standard InChI is InChI=1S/C24H25NO5/c1-5-22(27)25-24(17-11-12-19(28-3)21(14-17)29-4)23-18-9-7-6-8-16(18)10-13-20(23)30-15(2)26/h6-14,24H,5H2,1-4H3,(H,25,27)/t24-/m0/s1. The molecule has 0 saturated heterocycles. The number of amides is 1. The molecule has 1 amide bonds. The van der Waals surface area contributed by atoms with Crippen molar-refractivity contribution in [2.75, 3.05) is 14.2 Å². The Morgan fingerprint density at radius 2 is 1.63 bits per heavy atom. The van der Waals surface area contributed by atoms with Gasteiger partial charge in [-0.3, -0.25) is 9.59 Å². The molecule has 0 spiro atoms. The van der Waals surface area contributed by atoms with Crippen LogP contribution in [-0.4, -0.2) is 26.1 Å². The summed E-state index contributed by atoms with van der Waals surface area (Å²) in [4.78, 5) is 24.2. The lowest BCUT2D eigenvalue weighted by Crippen LogP contribution is -2.29. The van der Waals surface area contributed by atoms with E-state index >= 15 is 0 Å². The van der Waals surface area contributed by atoms with Crippen LogP contribution in [-0.2, 0) is 9.59 Å². The minimum absolute atomic E-state index is 0.128. The number of carbonyl (C=O) groups is 2. The summed E-state index contributed by atoms with van der Waals surface area (Å²) in [6.07, 6.45) is 0.317. The van der Waals surface area contributed by atoms with E-state index in [4.69, 9.17) is 14.2 Å². The van der Waals surface area contributed by atoms with Gasteiger partial charge >= 0.3 is 5.97 Å². The highest BCUT2D eigenvalue weighted by Crippen LogP contribution is 2.39. The van der Waals surface area contributed by atoms with Crippen LogP contribution in [0.3, 0.4) is 0 Å². The monoisotopic (exact) mass is 407 g/mol. The number of ether oxygens (including phenoxy) is 3. The van der Waals surface area contributed by atoms with Gasteiger partial charge in [-0.2, -0.15) is 0 Å². The second kappa shape index (κ2) is 9.31. The number of methoxy groups -OCH3 is 2. The zero-order valence-corrected chi connectivity index (χ0v) is 17.5. The molecule has 0 unspecified atom stereocenters. The number of nitrogens with one attached hydrogen (secondary N) is 1. The number of fused-ring (bicyclic) bond motifs is 1. The minimum Gasteiger partial charge on any atom is -0.493 e. The molecule has 30 heavy (non-hydrogen) atoms. The fourth-order valence-corrected chi connectivity index (χ4v) is 3.43. The van der Waals surface area contributed by atoms with Crippen LogP contribution in [0.1, 0.15) is 37.4 Å². The molecule has 0 saturated carbocycles. The average molecular weight is 407 g/mol. The van der Waals surface area contributed by atoms with E-state index < -0.39 is 12.0 Å². The normalized spacial score (nSPS) is 11.6. The molecule has 6 heteroatoms. The third kappa shape index (κ3) is 4.38. The molecule has 156 valence electrons. The fourth-order valence-electron chi connectivity index (χ4n) is 3.43. The number of rotatable bonds is 7. The van der Waals surface area contributed by atoms with Crippen LogP contribution in [0.2, 0.25) is 0 Å². The third-order valence-corrected chi connectivity index (χ3v) is 4.84. The van der Waals surface area contributed by atoms with Crippen LogP contribution in [0.25, 0.3) is 10.8 Å². The first-order chi connectivity index (χ1) is 14.5. The van der Waals surface area contributed by atoms with Gasteiger partial charge in [-0.25, -0.2) is 0 Å². The molecular weight excluding hydrogens is 382 g/mol. The first kappa shape index (κ1) is 21.2. The predicted octanol–water partition coefficient (Wildman–Crippen LogP) is 4.40.